The van der Waals surface area contributed by atoms with Crippen LogP contribution in [0.4, 0.5) is 11.4 Å². The molecule has 0 saturated heterocycles. The maximum Gasteiger partial charge on any atom is 0.318 e. The molecule has 0 amide bonds. The van der Waals surface area contributed by atoms with Crippen LogP contribution >= 0.6 is 15.9 Å². The van der Waals surface area contributed by atoms with E-state index >= 15 is 0 Å². The topological polar surface area (TPSA) is 125 Å². The molecule has 126 valence electrons. The average molecular weight is 399 g/mol. The zero-order chi connectivity index (χ0) is 17.9. The Morgan fingerprint density at radius 2 is 1.83 bits per heavy atom. The number of halogens is 1. The number of hydrogen-bond acceptors (Lipinski definition) is 7. The molecule has 0 bridgehead atoms. The lowest BCUT2D eigenvalue weighted by Crippen LogP contribution is -1.98. The van der Waals surface area contributed by atoms with Crippen molar-refractivity contribution in [3.05, 3.63) is 60.6 Å². The normalized spacial score (nSPS) is 10.3. The molecule has 0 saturated carbocycles. The number of nitrogens with zero attached hydrogens (tertiary/aromatic N) is 2. The second kappa shape index (κ2) is 7.23. The lowest BCUT2D eigenvalue weighted by atomic mass is 10.2. The molecule has 0 aliphatic carbocycles. The Kier molecular flexibility index (Phi) is 5.31. The molecule has 2 aromatic rings. The monoisotopic (exact) mass is 398 g/mol. The van der Waals surface area contributed by atoms with E-state index in [0.717, 1.165) is 18.2 Å². The molecule has 2 aromatic carbocycles. The fourth-order valence-corrected chi connectivity index (χ4v) is 2.49. The van der Waals surface area contributed by atoms with Crippen molar-refractivity contribution in [2.75, 3.05) is 7.11 Å². The van der Waals surface area contributed by atoms with Crippen LogP contribution < -0.4 is 9.47 Å². The van der Waals surface area contributed by atoms with Crippen LogP contribution in [0.3, 0.4) is 0 Å². The second-order valence-electron chi connectivity index (χ2n) is 4.54. The number of aliphatic hydroxyl groups excluding tert-OH is 1. The van der Waals surface area contributed by atoms with Crippen LogP contribution in [0, 0.1) is 20.2 Å². The van der Waals surface area contributed by atoms with Crippen LogP contribution in [0.1, 0.15) is 5.56 Å². The first-order valence-corrected chi connectivity index (χ1v) is 7.24. The minimum absolute atomic E-state index is 0.145. The zero-order valence-corrected chi connectivity index (χ0v) is 13.8. The van der Waals surface area contributed by atoms with Gasteiger partial charge in [0.2, 0.25) is 5.75 Å². The minimum atomic E-state index is -0.773. The Labute approximate surface area is 143 Å². The first-order valence-electron chi connectivity index (χ1n) is 6.45. The van der Waals surface area contributed by atoms with E-state index in [0.29, 0.717) is 10.0 Å². The molecule has 0 atom stereocenters. The fourth-order valence-electron chi connectivity index (χ4n) is 1.92. The van der Waals surface area contributed by atoms with Crippen molar-refractivity contribution in [2.24, 2.45) is 0 Å². The standard InChI is InChI=1S/C14H11BrN2O7/c1-23-13-5-8(7-18)4-10(15)14(13)24-12-3-2-9(16(19)20)6-11(12)17(21)22/h2-6,18H,7H2,1H3. The SMILES string of the molecule is COc1cc(CO)cc(Br)c1Oc1ccc([N+](=O)[O-])cc1[N+](=O)[O-]. The van der Waals surface area contributed by atoms with Crippen molar-refractivity contribution in [3.8, 4) is 17.2 Å². The highest BCUT2D eigenvalue weighted by Gasteiger charge is 2.23. The third kappa shape index (κ3) is 3.60. The van der Waals surface area contributed by atoms with Crippen LogP contribution in [0.2, 0.25) is 0 Å². The van der Waals surface area contributed by atoms with Crippen LogP contribution in [0.15, 0.2) is 34.8 Å². The van der Waals surface area contributed by atoms with Gasteiger partial charge in [0.05, 0.1) is 34.1 Å². The number of benzene rings is 2. The maximum atomic E-state index is 11.2. The number of nitro groups is 2. The summed E-state index contributed by atoms with van der Waals surface area (Å²) in [4.78, 5) is 20.4. The maximum absolute atomic E-state index is 11.2. The lowest BCUT2D eigenvalue weighted by molar-refractivity contribution is -0.394. The largest absolute Gasteiger partial charge is 0.493 e. The summed E-state index contributed by atoms with van der Waals surface area (Å²) < 4.78 is 11.1. The molecular formula is C14H11BrN2O7. The molecule has 0 unspecified atom stereocenters. The van der Waals surface area contributed by atoms with Gasteiger partial charge in [-0.15, -0.1) is 0 Å². The number of rotatable bonds is 6. The summed E-state index contributed by atoms with van der Waals surface area (Å²) in [6.45, 7) is -0.229. The predicted octanol–water partition coefficient (Wildman–Crippen LogP) is 3.56. The zero-order valence-electron chi connectivity index (χ0n) is 12.3. The van der Waals surface area contributed by atoms with E-state index in [1.165, 1.54) is 13.2 Å². The van der Waals surface area contributed by atoms with E-state index in [-0.39, 0.29) is 23.9 Å². The average Bonchev–Trinajstić information content (AvgIpc) is 2.56. The molecular weight excluding hydrogens is 388 g/mol. The molecule has 0 aliphatic heterocycles. The molecule has 0 aromatic heterocycles. The first kappa shape index (κ1) is 17.6. The molecule has 2 rings (SSSR count). The highest BCUT2D eigenvalue weighted by atomic mass is 79.9. The summed E-state index contributed by atoms with van der Waals surface area (Å²) >= 11 is 3.24. The third-order valence-electron chi connectivity index (χ3n) is 3.03. The quantitative estimate of drug-likeness (QED) is 0.582. The summed E-state index contributed by atoms with van der Waals surface area (Å²) in [6.07, 6.45) is 0. The molecule has 10 heteroatoms. The molecule has 1 N–H and O–H groups in total. The molecule has 0 aliphatic rings. The lowest BCUT2D eigenvalue weighted by Gasteiger charge is -2.13. The molecule has 0 spiro atoms. The van der Waals surface area contributed by atoms with E-state index in [4.69, 9.17) is 9.47 Å². The van der Waals surface area contributed by atoms with Crippen LogP contribution in [-0.4, -0.2) is 22.1 Å². The smallest absolute Gasteiger partial charge is 0.318 e. The van der Waals surface area contributed by atoms with Gasteiger partial charge >= 0.3 is 5.69 Å². The van der Waals surface area contributed by atoms with E-state index in [1.807, 2.05) is 0 Å². The van der Waals surface area contributed by atoms with Crippen molar-refractivity contribution in [2.45, 2.75) is 6.61 Å². The number of aliphatic hydroxyl groups is 1. The third-order valence-corrected chi connectivity index (χ3v) is 3.62. The Hall–Kier alpha value is -2.72. The Morgan fingerprint density at radius 1 is 1.12 bits per heavy atom. The Balaban J connectivity index is 2.52. The van der Waals surface area contributed by atoms with Crippen molar-refractivity contribution in [3.63, 3.8) is 0 Å². The molecule has 24 heavy (non-hydrogen) atoms. The van der Waals surface area contributed by atoms with E-state index in [9.17, 15) is 25.3 Å². The summed E-state index contributed by atoms with van der Waals surface area (Å²) in [5, 5.41) is 31.1. The van der Waals surface area contributed by atoms with Gasteiger partial charge in [-0.05, 0) is 39.7 Å². The minimum Gasteiger partial charge on any atom is -0.493 e. The van der Waals surface area contributed by atoms with Crippen molar-refractivity contribution < 1.29 is 24.4 Å². The van der Waals surface area contributed by atoms with Crippen LogP contribution in [0.5, 0.6) is 17.2 Å². The molecule has 0 radical (unpaired) electrons. The summed E-state index contributed by atoms with van der Waals surface area (Å²) in [7, 11) is 1.38. The summed E-state index contributed by atoms with van der Waals surface area (Å²) in [5.74, 6) is 0.203. The van der Waals surface area contributed by atoms with E-state index < -0.39 is 21.2 Å². The van der Waals surface area contributed by atoms with E-state index in [1.54, 1.807) is 6.07 Å². The van der Waals surface area contributed by atoms with Crippen molar-refractivity contribution in [1.82, 2.24) is 0 Å². The number of ether oxygens (including phenoxy) is 2. The van der Waals surface area contributed by atoms with Gasteiger partial charge in [-0.2, -0.15) is 0 Å². The number of nitro benzene ring substituents is 2. The Bertz CT molecular complexity index is 810. The number of non-ortho nitro benzene ring substituents is 1. The van der Waals surface area contributed by atoms with Crippen LogP contribution in [0.25, 0.3) is 0 Å². The molecule has 0 heterocycles. The predicted molar refractivity (Wildman–Crippen MR) is 86.4 cm³/mol. The summed E-state index contributed by atoms with van der Waals surface area (Å²) in [5.41, 5.74) is -0.427. The first-order chi connectivity index (χ1) is 11.4. The Morgan fingerprint density at radius 3 is 2.38 bits per heavy atom. The van der Waals surface area contributed by atoms with E-state index in [2.05, 4.69) is 15.9 Å². The van der Waals surface area contributed by atoms with Gasteiger partial charge in [0, 0.05) is 6.07 Å². The van der Waals surface area contributed by atoms with Gasteiger partial charge < -0.3 is 14.6 Å². The van der Waals surface area contributed by atoms with Crippen LogP contribution in [-0.2, 0) is 6.61 Å². The summed E-state index contributed by atoms with van der Waals surface area (Å²) in [6, 6.07) is 6.14. The fraction of sp³-hybridized carbons (Fsp3) is 0.143. The van der Waals surface area contributed by atoms with Gasteiger partial charge in [-0.25, -0.2) is 0 Å². The molecule has 9 nitrogen and oxygen atoms in total. The highest BCUT2D eigenvalue weighted by Crippen LogP contribution is 2.42. The van der Waals surface area contributed by atoms with Gasteiger partial charge in [0.1, 0.15) is 0 Å². The molecule has 0 fully saturated rings. The van der Waals surface area contributed by atoms with Crippen molar-refractivity contribution in [1.29, 1.82) is 0 Å². The van der Waals surface area contributed by atoms with Gasteiger partial charge in [-0.3, -0.25) is 20.2 Å². The van der Waals surface area contributed by atoms with Gasteiger partial charge in [0.15, 0.2) is 11.5 Å². The highest BCUT2D eigenvalue weighted by molar-refractivity contribution is 9.10. The van der Waals surface area contributed by atoms with Gasteiger partial charge in [-0.1, -0.05) is 0 Å². The van der Waals surface area contributed by atoms with Gasteiger partial charge in [0.25, 0.3) is 5.69 Å². The second-order valence-corrected chi connectivity index (χ2v) is 5.39. The van der Waals surface area contributed by atoms with Crippen molar-refractivity contribution >= 4 is 27.3 Å². The number of methoxy groups -OCH3 is 1. The number of hydrogen-bond donors (Lipinski definition) is 1.